The SMILES string of the molecule is COc1cc(OC)cc(OCC(=O)N2CCc3cc(S(=O)(=O)N(C)C)ccc32)c1. The minimum atomic E-state index is -3.51. The second kappa shape index (κ2) is 8.30. The highest BCUT2D eigenvalue weighted by atomic mass is 32.2. The molecule has 1 aliphatic heterocycles. The molecule has 9 heteroatoms. The van der Waals surface area contributed by atoms with Crippen molar-refractivity contribution in [3.8, 4) is 17.2 Å². The molecule has 0 aliphatic carbocycles. The summed E-state index contributed by atoms with van der Waals surface area (Å²) < 4.78 is 41.8. The van der Waals surface area contributed by atoms with Gasteiger partial charge in [0, 0.05) is 44.5 Å². The van der Waals surface area contributed by atoms with Gasteiger partial charge in [0.25, 0.3) is 5.91 Å². The predicted octanol–water partition coefficient (Wildman–Crippen LogP) is 1.92. The van der Waals surface area contributed by atoms with Crippen molar-refractivity contribution in [1.82, 2.24) is 4.31 Å². The van der Waals surface area contributed by atoms with Crippen LogP contribution in [0.2, 0.25) is 0 Å². The molecule has 1 heterocycles. The van der Waals surface area contributed by atoms with Crippen LogP contribution in [-0.2, 0) is 21.2 Å². The van der Waals surface area contributed by atoms with E-state index in [2.05, 4.69) is 0 Å². The first-order chi connectivity index (χ1) is 13.8. The molecule has 0 N–H and O–H groups in total. The smallest absolute Gasteiger partial charge is 0.264 e. The third-order valence-electron chi connectivity index (χ3n) is 4.71. The number of ether oxygens (including phenoxy) is 3. The van der Waals surface area contributed by atoms with Crippen molar-refractivity contribution in [3.05, 3.63) is 42.0 Å². The number of amides is 1. The summed E-state index contributed by atoms with van der Waals surface area (Å²) in [6.45, 7) is 0.317. The zero-order valence-corrected chi connectivity index (χ0v) is 17.7. The molecular formula is C20H24N2O6S. The molecule has 0 spiro atoms. The molecule has 2 aromatic carbocycles. The monoisotopic (exact) mass is 420 g/mol. The maximum atomic E-state index is 12.7. The first-order valence-corrected chi connectivity index (χ1v) is 10.4. The second-order valence-electron chi connectivity index (χ2n) is 6.71. The van der Waals surface area contributed by atoms with E-state index in [1.807, 2.05) is 0 Å². The maximum Gasteiger partial charge on any atom is 0.264 e. The van der Waals surface area contributed by atoms with E-state index in [1.165, 1.54) is 38.7 Å². The number of anilines is 1. The molecule has 0 fully saturated rings. The fraction of sp³-hybridized carbons (Fsp3) is 0.350. The summed E-state index contributed by atoms with van der Waals surface area (Å²) in [7, 11) is 2.54. The summed E-state index contributed by atoms with van der Waals surface area (Å²) >= 11 is 0. The number of methoxy groups -OCH3 is 2. The number of rotatable bonds is 7. The van der Waals surface area contributed by atoms with E-state index >= 15 is 0 Å². The lowest BCUT2D eigenvalue weighted by Gasteiger charge is -2.18. The fourth-order valence-corrected chi connectivity index (χ4v) is 4.05. The van der Waals surface area contributed by atoms with Gasteiger partial charge in [0.1, 0.15) is 17.2 Å². The van der Waals surface area contributed by atoms with Gasteiger partial charge in [-0.2, -0.15) is 0 Å². The maximum absolute atomic E-state index is 12.7. The summed E-state index contributed by atoms with van der Waals surface area (Å²) in [5.74, 6) is 1.37. The third-order valence-corrected chi connectivity index (χ3v) is 6.52. The quantitative estimate of drug-likeness (QED) is 0.680. The number of nitrogens with zero attached hydrogens (tertiary/aromatic N) is 2. The highest BCUT2D eigenvalue weighted by Gasteiger charge is 2.27. The van der Waals surface area contributed by atoms with Crippen LogP contribution in [0.5, 0.6) is 17.2 Å². The van der Waals surface area contributed by atoms with Crippen molar-refractivity contribution < 1.29 is 27.4 Å². The van der Waals surface area contributed by atoms with Gasteiger partial charge in [-0.1, -0.05) is 0 Å². The molecular weight excluding hydrogens is 396 g/mol. The van der Waals surface area contributed by atoms with Gasteiger partial charge in [-0.25, -0.2) is 12.7 Å². The number of benzene rings is 2. The first-order valence-electron chi connectivity index (χ1n) is 8.98. The predicted molar refractivity (Wildman–Crippen MR) is 108 cm³/mol. The summed E-state index contributed by atoms with van der Waals surface area (Å²) in [5.41, 5.74) is 1.53. The van der Waals surface area contributed by atoms with Crippen molar-refractivity contribution in [3.63, 3.8) is 0 Å². The Morgan fingerprint density at radius 1 is 1.03 bits per heavy atom. The number of sulfonamides is 1. The Bertz CT molecular complexity index is 997. The van der Waals surface area contributed by atoms with Gasteiger partial charge in [0.05, 0.1) is 19.1 Å². The van der Waals surface area contributed by atoms with E-state index in [9.17, 15) is 13.2 Å². The van der Waals surface area contributed by atoms with Gasteiger partial charge in [-0.05, 0) is 30.2 Å². The average Bonchev–Trinajstić information content (AvgIpc) is 3.14. The van der Waals surface area contributed by atoms with E-state index in [0.717, 1.165) is 5.56 Å². The van der Waals surface area contributed by atoms with Crippen LogP contribution >= 0.6 is 0 Å². The molecule has 0 bridgehead atoms. The number of hydrogen-bond donors (Lipinski definition) is 0. The zero-order chi connectivity index (χ0) is 21.2. The zero-order valence-electron chi connectivity index (χ0n) is 16.8. The molecule has 1 amide bonds. The molecule has 3 rings (SSSR count). The number of carbonyl (C=O) groups excluding carboxylic acids is 1. The second-order valence-corrected chi connectivity index (χ2v) is 8.86. The van der Waals surface area contributed by atoms with Crippen molar-refractivity contribution in [2.45, 2.75) is 11.3 Å². The highest BCUT2D eigenvalue weighted by molar-refractivity contribution is 7.89. The highest BCUT2D eigenvalue weighted by Crippen LogP contribution is 2.31. The van der Waals surface area contributed by atoms with Crippen LogP contribution in [-0.4, -0.2) is 60.1 Å². The van der Waals surface area contributed by atoms with Crippen LogP contribution in [0.4, 0.5) is 5.69 Å². The molecule has 29 heavy (non-hydrogen) atoms. The summed E-state index contributed by atoms with van der Waals surface area (Å²) in [6, 6.07) is 9.88. The summed E-state index contributed by atoms with van der Waals surface area (Å²) in [6.07, 6.45) is 0.588. The topological polar surface area (TPSA) is 85.4 Å². The molecule has 0 saturated carbocycles. The third kappa shape index (κ3) is 4.30. The Kier molecular flexibility index (Phi) is 5.99. The molecule has 0 radical (unpaired) electrons. The van der Waals surface area contributed by atoms with Gasteiger partial charge < -0.3 is 19.1 Å². The lowest BCUT2D eigenvalue weighted by Crippen LogP contribution is -2.33. The Morgan fingerprint density at radius 3 is 2.24 bits per heavy atom. The van der Waals surface area contributed by atoms with Gasteiger partial charge in [0.2, 0.25) is 10.0 Å². The molecule has 2 aromatic rings. The van der Waals surface area contributed by atoms with Gasteiger partial charge in [-0.15, -0.1) is 0 Å². The largest absolute Gasteiger partial charge is 0.496 e. The average molecular weight is 420 g/mol. The minimum Gasteiger partial charge on any atom is -0.496 e. The van der Waals surface area contributed by atoms with E-state index in [4.69, 9.17) is 14.2 Å². The molecule has 0 saturated heterocycles. The Hall–Kier alpha value is -2.78. The molecule has 0 aromatic heterocycles. The minimum absolute atomic E-state index is 0.159. The molecule has 0 unspecified atom stereocenters. The van der Waals surface area contributed by atoms with Crippen LogP contribution < -0.4 is 19.1 Å². The normalized spacial score (nSPS) is 13.3. The standard InChI is InChI=1S/C20H24N2O6S/c1-21(2)29(24,25)18-5-6-19-14(9-18)7-8-22(19)20(23)13-28-17-11-15(26-3)10-16(12-17)27-4/h5-6,9-12H,7-8,13H2,1-4H3. The molecule has 8 nitrogen and oxygen atoms in total. The number of hydrogen-bond acceptors (Lipinski definition) is 6. The number of carbonyl (C=O) groups is 1. The van der Waals surface area contributed by atoms with Gasteiger partial charge in [0.15, 0.2) is 6.61 Å². The van der Waals surface area contributed by atoms with Crippen LogP contribution in [0.1, 0.15) is 5.56 Å². The molecule has 156 valence electrons. The molecule has 1 aliphatic rings. The van der Waals surface area contributed by atoms with Crippen molar-refractivity contribution in [2.24, 2.45) is 0 Å². The fourth-order valence-electron chi connectivity index (χ4n) is 3.10. The van der Waals surface area contributed by atoms with Gasteiger partial charge >= 0.3 is 0 Å². The summed E-state index contributed by atoms with van der Waals surface area (Å²) in [4.78, 5) is 14.5. The van der Waals surface area contributed by atoms with Gasteiger partial charge in [-0.3, -0.25) is 4.79 Å². The Balaban J connectivity index is 1.73. The first kappa shape index (κ1) is 20.9. The summed E-state index contributed by atoms with van der Waals surface area (Å²) in [5, 5.41) is 0. The number of fused-ring (bicyclic) bond motifs is 1. The Labute approximate surface area is 170 Å². The lowest BCUT2D eigenvalue weighted by molar-refractivity contribution is -0.120. The van der Waals surface area contributed by atoms with Crippen LogP contribution in [0.15, 0.2) is 41.3 Å². The van der Waals surface area contributed by atoms with Crippen molar-refractivity contribution >= 4 is 21.6 Å². The van der Waals surface area contributed by atoms with Crippen molar-refractivity contribution in [2.75, 3.05) is 46.4 Å². The lowest BCUT2D eigenvalue weighted by atomic mass is 10.2. The van der Waals surface area contributed by atoms with Crippen molar-refractivity contribution in [1.29, 1.82) is 0 Å². The Morgan fingerprint density at radius 2 is 1.66 bits per heavy atom. The van der Waals surface area contributed by atoms with Crippen LogP contribution in [0.25, 0.3) is 0 Å². The van der Waals surface area contributed by atoms with E-state index in [1.54, 1.807) is 35.2 Å². The van der Waals surface area contributed by atoms with E-state index in [0.29, 0.717) is 35.9 Å². The van der Waals surface area contributed by atoms with E-state index < -0.39 is 10.0 Å². The van der Waals surface area contributed by atoms with Crippen LogP contribution in [0, 0.1) is 0 Å². The molecule has 0 atom stereocenters. The van der Waals surface area contributed by atoms with E-state index in [-0.39, 0.29) is 17.4 Å². The van der Waals surface area contributed by atoms with Crippen LogP contribution in [0.3, 0.4) is 0 Å².